The van der Waals surface area contributed by atoms with Gasteiger partial charge in [0.25, 0.3) is 0 Å². The number of esters is 4. The van der Waals surface area contributed by atoms with Crippen molar-refractivity contribution < 1.29 is 100 Å². The molecule has 4 aromatic rings. The number of alkyl halides is 12. The third-order valence-corrected chi connectivity index (χ3v) is 8.78. The molecular weight excluding hydrogens is 916 g/mol. The molecule has 0 amide bonds. The van der Waals surface area contributed by atoms with Crippen LogP contribution in [0, 0.1) is 0 Å². The first-order valence-corrected chi connectivity index (χ1v) is 19.0. The minimum atomic E-state index is -6.24. The van der Waals surface area contributed by atoms with Crippen molar-refractivity contribution in [3.63, 3.8) is 0 Å². The summed E-state index contributed by atoms with van der Waals surface area (Å²) < 4.78 is 205. The fourth-order valence-electron chi connectivity index (χ4n) is 5.89. The average molecular weight is 951 g/mol. The zero-order valence-corrected chi connectivity index (χ0v) is 33.8. The Morgan fingerprint density at radius 1 is 0.424 bits per heavy atom. The minimum absolute atomic E-state index is 0.00978. The first-order valence-electron chi connectivity index (χ1n) is 19.0. The van der Waals surface area contributed by atoms with Gasteiger partial charge >= 0.3 is 48.6 Å². The number of benzene rings is 4. The molecule has 0 unspecified atom stereocenters. The number of hydrogen-bond acceptors (Lipinski definition) is 10. The summed E-state index contributed by atoms with van der Waals surface area (Å²) in [5.41, 5.74) is -15.8. The van der Waals surface area contributed by atoms with E-state index in [1.807, 2.05) is 0 Å². The first-order chi connectivity index (χ1) is 30.9. The Morgan fingerprint density at radius 2 is 0.788 bits per heavy atom. The molecule has 66 heavy (non-hydrogen) atoms. The van der Waals surface area contributed by atoms with Crippen molar-refractivity contribution in [3.05, 3.63) is 131 Å². The highest BCUT2D eigenvalue weighted by Gasteiger charge is 2.51. The van der Waals surface area contributed by atoms with E-state index in [9.17, 15) is 71.9 Å². The topological polar surface area (TPSA) is 124 Å². The van der Waals surface area contributed by atoms with Gasteiger partial charge in [-0.2, -0.15) is 52.7 Å². The molecule has 4 aromatic carbocycles. The van der Waals surface area contributed by atoms with E-state index in [0.717, 1.165) is 36.4 Å². The lowest BCUT2D eigenvalue weighted by Gasteiger charge is -2.26. The molecule has 354 valence electrons. The third kappa shape index (κ3) is 14.0. The minimum Gasteiger partial charge on any atom is -0.494 e. The van der Waals surface area contributed by atoms with Gasteiger partial charge in [-0.1, -0.05) is 25.3 Å². The number of unbranched alkanes of at least 4 members (excludes halogenated alkanes) is 2. The molecule has 0 saturated carbocycles. The highest BCUT2D eigenvalue weighted by atomic mass is 19.4. The Hall–Kier alpha value is -7.00. The Morgan fingerprint density at radius 3 is 1.21 bits per heavy atom. The summed E-state index contributed by atoms with van der Waals surface area (Å²) in [5, 5.41) is 0. The molecular formula is C44H34F12O10. The molecule has 0 fully saturated rings. The number of carbonyl (C=O) groups is 4. The van der Waals surface area contributed by atoms with Crippen LogP contribution in [0.5, 0.6) is 23.0 Å². The maximum atomic E-state index is 14.7. The second-order valence-corrected chi connectivity index (χ2v) is 13.4. The maximum Gasteiger partial charge on any atom is 0.420 e. The molecule has 0 spiro atoms. The molecule has 10 nitrogen and oxygen atoms in total. The van der Waals surface area contributed by atoms with E-state index < -0.39 is 106 Å². The van der Waals surface area contributed by atoms with Crippen molar-refractivity contribution >= 4 is 23.9 Å². The molecule has 22 heteroatoms. The van der Waals surface area contributed by atoms with Gasteiger partial charge in [-0.15, -0.1) is 0 Å². The van der Waals surface area contributed by atoms with Crippen molar-refractivity contribution in [2.24, 2.45) is 0 Å². The van der Waals surface area contributed by atoms with Gasteiger partial charge in [0.05, 0.1) is 48.7 Å². The Kier molecular flexibility index (Phi) is 17.0. The van der Waals surface area contributed by atoms with Crippen molar-refractivity contribution in [2.45, 2.75) is 50.4 Å². The molecule has 0 radical (unpaired) electrons. The summed E-state index contributed by atoms with van der Waals surface area (Å²) in [6, 6.07) is 9.53. The van der Waals surface area contributed by atoms with Crippen molar-refractivity contribution in [1.82, 2.24) is 0 Å². The molecule has 0 aliphatic carbocycles. The SMILES string of the molecule is C=CC(=O)OCCCCOc1ccc(C(=O)Oc2ccc(C(=O)Oc3ccc(-c4ccc(OCCCCOC(=O)C=C)c(C(F)(F)F)c4C(F)(F)F)c(C(F)(F)F)c3C(F)(F)F)cc2)cc1. The molecule has 0 aliphatic heterocycles. The molecule has 0 aliphatic rings. The number of hydrogen-bond donors (Lipinski definition) is 0. The van der Waals surface area contributed by atoms with Crippen LogP contribution in [-0.4, -0.2) is 50.3 Å². The molecule has 0 saturated heterocycles. The lowest BCUT2D eigenvalue weighted by atomic mass is 9.88. The lowest BCUT2D eigenvalue weighted by Crippen LogP contribution is -2.23. The van der Waals surface area contributed by atoms with Crippen molar-refractivity contribution in [3.8, 4) is 34.1 Å². The first kappa shape index (κ1) is 51.6. The van der Waals surface area contributed by atoms with E-state index in [0.29, 0.717) is 18.6 Å². The van der Waals surface area contributed by atoms with Crippen LogP contribution >= 0.6 is 0 Å². The van der Waals surface area contributed by atoms with Gasteiger partial charge in [0.2, 0.25) is 0 Å². The molecule has 0 aromatic heterocycles. The maximum absolute atomic E-state index is 14.7. The number of halogens is 12. The van der Waals surface area contributed by atoms with Crippen LogP contribution in [0.2, 0.25) is 0 Å². The van der Waals surface area contributed by atoms with Gasteiger partial charge in [0.15, 0.2) is 0 Å². The van der Waals surface area contributed by atoms with Gasteiger partial charge in [-0.3, -0.25) is 0 Å². The Bertz CT molecular complexity index is 2380. The van der Waals surface area contributed by atoms with E-state index in [1.165, 1.54) is 24.3 Å². The van der Waals surface area contributed by atoms with Crippen LogP contribution in [0.15, 0.2) is 98.1 Å². The van der Waals surface area contributed by atoms with Crippen LogP contribution in [0.4, 0.5) is 52.7 Å². The number of ether oxygens (including phenoxy) is 6. The molecule has 4 rings (SSSR count). The fraction of sp³-hybridized carbons (Fsp3) is 0.273. The van der Waals surface area contributed by atoms with Gasteiger partial charge in [-0.05, 0) is 97.5 Å². The summed E-state index contributed by atoms with van der Waals surface area (Å²) in [7, 11) is 0. The molecule has 0 atom stereocenters. The monoisotopic (exact) mass is 950 g/mol. The summed E-state index contributed by atoms with van der Waals surface area (Å²) >= 11 is 0. The summed E-state index contributed by atoms with van der Waals surface area (Å²) in [5.74, 6) is -7.31. The standard InChI is InChI=1S/C44H34F12O10/c1-3-33(57)63-23-7-5-21-61-27-13-9-25(10-14-27)39(59)65-28-15-11-26(12-16-28)40(60)66-32-20-18-30(36(42(48,49)50)38(32)44(54,55)56)29-17-19-31(62-22-6-8-24-64-34(58)4-2)37(43(51,52)53)35(29)41(45,46)47/h3-4,9-20H,1-2,5-8,21-24H2. The smallest absolute Gasteiger partial charge is 0.420 e. The summed E-state index contributed by atoms with van der Waals surface area (Å²) in [4.78, 5) is 47.9. The fourth-order valence-corrected chi connectivity index (χ4v) is 5.89. The second kappa shape index (κ2) is 21.8. The Labute approximate surface area is 366 Å². The van der Waals surface area contributed by atoms with Crippen LogP contribution in [0.1, 0.15) is 68.7 Å². The zero-order chi connectivity index (χ0) is 49.0. The highest BCUT2D eigenvalue weighted by molar-refractivity contribution is 5.93. The van der Waals surface area contributed by atoms with Crippen LogP contribution in [-0.2, 0) is 43.8 Å². The van der Waals surface area contributed by atoms with E-state index in [-0.39, 0.29) is 68.2 Å². The van der Waals surface area contributed by atoms with Gasteiger partial charge < -0.3 is 28.4 Å². The van der Waals surface area contributed by atoms with Crippen LogP contribution in [0.3, 0.4) is 0 Å². The van der Waals surface area contributed by atoms with Crippen LogP contribution in [0.25, 0.3) is 11.1 Å². The van der Waals surface area contributed by atoms with E-state index in [1.54, 1.807) is 0 Å². The van der Waals surface area contributed by atoms with E-state index in [4.69, 9.17) is 18.9 Å². The quantitative estimate of drug-likeness (QED) is 0.0295. The number of carbonyl (C=O) groups excluding carboxylic acids is 4. The van der Waals surface area contributed by atoms with Gasteiger partial charge in [0.1, 0.15) is 34.1 Å². The highest BCUT2D eigenvalue weighted by Crippen LogP contribution is 2.54. The zero-order valence-electron chi connectivity index (χ0n) is 33.8. The van der Waals surface area contributed by atoms with Crippen molar-refractivity contribution in [1.29, 1.82) is 0 Å². The molecule has 0 N–H and O–H groups in total. The van der Waals surface area contributed by atoms with Crippen LogP contribution < -0.4 is 18.9 Å². The molecule has 0 heterocycles. The van der Waals surface area contributed by atoms with Crippen molar-refractivity contribution in [2.75, 3.05) is 26.4 Å². The molecule has 0 bridgehead atoms. The van der Waals surface area contributed by atoms with Gasteiger partial charge in [0, 0.05) is 12.2 Å². The predicted octanol–water partition coefficient (Wildman–Crippen LogP) is 11.6. The number of rotatable bonds is 19. The largest absolute Gasteiger partial charge is 0.494 e. The lowest BCUT2D eigenvalue weighted by molar-refractivity contribution is -0.163. The second-order valence-electron chi connectivity index (χ2n) is 13.4. The normalized spacial score (nSPS) is 11.9. The summed E-state index contributed by atoms with van der Waals surface area (Å²) in [6.07, 6.45) is -22.0. The Balaban J connectivity index is 1.59. The van der Waals surface area contributed by atoms with E-state index in [2.05, 4.69) is 22.6 Å². The predicted molar refractivity (Wildman–Crippen MR) is 206 cm³/mol. The third-order valence-electron chi connectivity index (χ3n) is 8.78. The van der Waals surface area contributed by atoms with Gasteiger partial charge in [-0.25, -0.2) is 19.2 Å². The average Bonchev–Trinajstić information content (AvgIpc) is 3.24. The van der Waals surface area contributed by atoms with E-state index >= 15 is 0 Å². The summed E-state index contributed by atoms with van der Waals surface area (Å²) in [6.45, 7) is 5.81.